The third kappa shape index (κ3) is 4.55. The van der Waals surface area contributed by atoms with Gasteiger partial charge in [0.05, 0.1) is 0 Å². The first-order valence-electron chi connectivity index (χ1n) is 9.43. The highest BCUT2D eigenvalue weighted by molar-refractivity contribution is 7.92. The van der Waals surface area contributed by atoms with E-state index in [0.29, 0.717) is 4.31 Å². The quantitative estimate of drug-likeness (QED) is 0.446. The fraction of sp³-hybridized carbons (Fsp3) is 0.588. The molecule has 1 fully saturated rings. The summed E-state index contributed by atoms with van der Waals surface area (Å²) in [5.41, 5.74) is -5.56. The van der Waals surface area contributed by atoms with Crippen molar-refractivity contribution in [3.8, 4) is 5.75 Å². The summed E-state index contributed by atoms with van der Waals surface area (Å²) in [4.78, 5) is 11.4. The Bertz CT molecular complexity index is 1040. The van der Waals surface area contributed by atoms with Crippen LogP contribution in [-0.4, -0.2) is 61.6 Å². The van der Waals surface area contributed by atoms with Gasteiger partial charge in [0.1, 0.15) is 18.0 Å². The lowest BCUT2D eigenvalue weighted by Crippen LogP contribution is -2.58. The minimum Gasteiger partial charge on any atom is -0.506 e. The fourth-order valence-electron chi connectivity index (χ4n) is 3.80. The Balaban J connectivity index is 1.79. The van der Waals surface area contributed by atoms with Crippen molar-refractivity contribution in [1.29, 1.82) is 0 Å². The highest BCUT2D eigenvalue weighted by Gasteiger charge is 2.69. The summed E-state index contributed by atoms with van der Waals surface area (Å²) in [6.45, 7) is -1.69. The summed E-state index contributed by atoms with van der Waals surface area (Å²) < 4.78 is 118. The van der Waals surface area contributed by atoms with Gasteiger partial charge in [0.15, 0.2) is 5.82 Å². The lowest BCUT2D eigenvalue weighted by Gasteiger charge is -2.33. The predicted molar refractivity (Wildman–Crippen MR) is 98.0 cm³/mol. The number of nitrogens with one attached hydrogen (secondary N) is 2. The maximum atomic E-state index is 15.2. The van der Waals surface area contributed by atoms with Crippen LogP contribution in [0.3, 0.4) is 0 Å². The summed E-state index contributed by atoms with van der Waals surface area (Å²) in [6.07, 6.45) is -13.7. The van der Waals surface area contributed by atoms with Gasteiger partial charge in [-0.1, -0.05) is 0 Å². The number of carbonyl (C=O) groups excluding carboxylic acids is 1. The lowest BCUT2D eigenvalue weighted by atomic mass is 9.86. The number of aryl methyl sites for hydroxylation is 1. The Morgan fingerprint density at radius 1 is 1.18 bits per heavy atom. The maximum absolute atomic E-state index is 15.2. The molecule has 8 nitrogen and oxygen atoms in total. The molecule has 2 aliphatic rings. The van der Waals surface area contributed by atoms with E-state index in [1.807, 2.05) is 0 Å². The lowest BCUT2D eigenvalue weighted by molar-refractivity contribution is -0.369. The highest BCUT2D eigenvalue weighted by atomic mass is 32.2. The molecule has 3 rings (SSSR count). The van der Waals surface area contributed by atoms with E-state index in [-0.39, 0.29) is 30.4 Å². The van der Waals surface area contributed by atoms with Gasteiger partial charge in [-0.2, -0.15) is 34.8 Å². The SMILES string of the molecule is O=C1CN(c2c(O)cc3c(c2F)CC(NCCC(O)(C(F)(F)F)C(F)(F)F)CC3)S(=O)(=O)N1. The Morgan fingerprint density at radius 2 is 1.79 bits per heavy atom. The smallest absolute Gasteiger partial charge is 0.426 e. The van der Waals surface area contributed by atoms with Gasteiger partial charge < -0.3 is 15.5 Å². The molecule has 4 N–H and O–H groups in total. The standard InChI is InChI=1S/C17H18F7N3O5S/c18-13-10-6-9(25-4-3-15(30,16(19,20)21)17(22,23)24)2-1-8(10)5-11(28)14(13)27-7-12(29)26-33(27,31)32/h5,9,25,28,30H,1-4,6-7H2,(H,26,29). The van der Waals surface area contributed by atoms with Gasteiger partial charge in [-0.3, -0.25) is 4.79 Å². The van der Waals surface area contributed by atoms with Crippen molar-refractivity contribution in [2.75, 3.05) is 17.4 Å². The van der Waals surface area contributed by atoms with E-state index >= 15 is 4.39 Å². The molecule has 0 spiro atoms. The number of hydrogen-bond acceptors (Lipinski definition) is 6. The number of nitrogens with zero attached hydrogens (tertiary/aromatic N) is 1. The predicted octanol–water partition coefficient (Wildman–Crippen LogP) is 1.41. The molecular formula is C17H18F7N3O5S. The van der Waals surface area contributed by atoms with Crippen molar-refractivity contribution in [1.82, 2.24) is 10.0 Å². The molecular weight excluding hydrogens is 491 g/mol. The highest BCUT2D eigenvalue weighted by Crippen LogP contribution is 2.45. The molecule has 1 aliphatic carbocycles. The number of phenols is 1. The topological polar surface area (TPSA) is 119 Å². The van der Waals surface area contributed by atoms with Gasteiger partial charge in [0.25, 0.3) is 11.5 Å². The van der Waals surface area contributed by atoms with Crippen LogP contribution in [0, 0.1) is 5.82 Å². The molecule has 0 saturated carbocycles. The summed E-state index contributed by atoms with van der Waals surface area (Å²) in [5.74, 6) is -2.90. The van der Waals surface area contributed by atoms with Crippen molar-refractivity contribution in [2.45, 2.75) is 49.7 Å². The number of fused-ring (bicyclic) bond motifs is 1. The van der Waals surface area contributed by atoms with Crippen LogP contribution < -0.4 is 14.3 Å². The van der Waals surface area contributed by atoms with E-state index in [4.69, 9.17) is 0 Å². The normalized spacial score (nSPS) is 21.2. The van der Waals surface area contributed by atoms with Crippen LogP contribution in [0.5, 0.6) is 5.75 Å². The molecule has 0 radical (unpaired) electrons. The first-order valence-corrected chi connectivity index (χ1v) is 10.9. The average molecular weight is 509 g/mol. The molecule has 0 aromatic heterocycles. The van der Waals surface area contributed by atoms with Crippen molar-refractivity contribution < 1.29 is 54.2 Å². The van der Waals surface area contributed by atoms with Crippen LogP contribution in [0.25, 0.3) is 0 Å². The van der Waals surface area contributed by atoms with Crippen LogP contribution >= 0.6 is 0 Å². The first kappa shape index (κ1) is 25.3. The molecule has 1 amide bonds. The molecule has 0 bridgehead atoms. The van der Waals surface area contributed by atoms with Crippen LogP contribution in [0.1, 0.15) is 24.0 Å². The molecule has 1 aromatic carbocycles. The Labute approximate surface area is 182 Å². The number of phenolic OH excluding ortho intramolecular Hbond substituents is 1. The van der Waals surface area contributed by atoms with E-state index in [1.54, 1.807) is 4.72 Å². The molecule has 1 aliphatic heterocycles. The molecule has 1 unspecified atom stereocenters. The van der Waals surface area contributed by atoms with Gasteiger partial charge in [0.2, 0.25) is 0 Å². The third-order valence-electron chi connectivity index (χ3n) is 5.55. The van der Waals surface area contributed by atoms with E-state index in [1.165, 1.54) is 0 Å². The van der Waals surface area contributed by atoms with E-state index in [2.05, 4.69) is 5.32 Å². The number of aromatic hydroxyl groups is 1. The number of benzene rings is 1. The molecule has 1 atom stereocenters. The monoisotopic (exact) mass is 509 g/mol. The zero-order valence-electron chi connectivity index (χ0n) is 16.5. The number of hydrogen-bond donors (Lipinski definition) is 4. The molecule has 1 heterocycles. The van der Waals surface area contributed by atoms with E-state index in [0.717, 1.165) is 6.07 Å². The number of anilines is 1. The Morgan fingerprint density at radius 3 is 2.30 bits per heavy atom. The van der Waals surface area contributed by atoms with Crippen LogP contribution in [0.15, 0.2) is 6.07 Å². The Hall–Kier alpha value is -2.33. The molecule has 16 heteroatoms. The number of alkyl halides is 6. The maximum Gasteiger partial charge on any atom is 0.426 e. The van der Waals surface area contributed by atoms with Crippen molar-refractivity contribution in [3.05, 3.63) is 23.0 Å². The summed E-state index contributed by atoms with van der Waals surface area (Å²) in [7, 11) is -4.46. The summed E-state index contributed by atoms with van der Waals surface area (Å²) in [6, 6.07) is 0.291. The molecule has 1 aromatic rings. The average Bonchev–Trinajstić information content (AvgIpc) is 2.92. The van der Waals surface area contributed by atoms with Crippen molar-refractivity contribution in [3.63, 3.8) is 0 Å². The van der Waals surface area contributed by atoms with E-state index < -0.39 is 76.9 Å². The number of rotatable bonds is 5. The third-order valence-corrected chi connectivity index (χ3v) is 6.93. The van der Waals surface area contributed by atoms with Crippen LogP contribution in [0.2, 0.25) is 0 Å². The van der Waals surface area contributed by atoms with Gasteiger partial charge in [-0.15, -0.1) is 0 Å². The molecule has 33 heavy (non-hydrogen) atoms. The van der Waals surface area contributed by atoms with Gasteiger partial charge in [-0.05, 0) is 43.0 Å². The number of halogens is 7. The van der Waals surface area contributed by atoms with Gasteiger partial charge in [-0.25, -0.2) is 13.4 Å². The number of aliphatic hydroxyl groups is 1. The second kappa shape index (κ2) is 8.16. The number of carbonyl (C=O) groups is 1. The second-order valence-electron chi connectivity index (χ2n) is 7.73. The second-order valence-corrected chi connectivity index (χ2v) is 9.33. The van der Waals surface area contributed by atoms with Crippen LogP contribution in [-0.2, 0) is 27.8 Å². The van der Waals surface area contributed by atoms with Crippen LogP contribution in [0.4, 0.5) is 36.4 Å². The largest absolute Gasteiger partial charge is 0.506 e. The fourth-order valence-corrected chi connectivity index (χ4v) is 4.96. The summed E-state index contributed by atoms with van der Waals surface area (Å²) >= 11 is 0. The Kier molecular flexibility index (Phi) is 6.25. The molecule has 186 valence electrons. The minimum atomic E-state index is -5.96. The van der Waals surface area contributed by atoms with Crippen molar-refractivity contribution in [2.24, 2.45) is 0 Å². The summed E-state index contributed by atoms with van der Waals surface area (Å²) in [5, 5.41) is 21.8. The first-order chi connectivity index (χ1) is 15.0. The number of amides is 1. The minimum absolute atomic E-state index is 0.0739. The van der Waals surface area contributed by atoms with Crippen molar-refractivity contribution >= 4 is 21.8 Å². The zero-order chi connectivity index (χ0) is 25.0. The van der Waals surface area contributed by atoms with E-state index in [9.17, 15) is 49.8 Å². The van der Waals surface area contributed by atoms with Gasteiger partial charge in [0, 0.05) is 12.5 Å². The molecule has 1 saturated heterocycles. The van der Waals surface area contributed by atoms with Gasteiger partial charge >= 0.3 is 22.6 Å². The zero-order valence-corrected chi connectivity index (χ0v) is 17.3.